The van der Waals surface area contributed by atoms with Crippen molar-refractivity contribution in [3.8, 4) is 0 Å². The van der Waals surface area contributed by atoms with Crippen LogP contribution >= 0.6 is 0 Å². The quantitative estimate of drug-likeness (QED) is 0.189. The smallest absolute Gasteiger partial charge is 0.249 e. The molecule has 1 saturated heterocycles. The Morgan fingerprint density at radius 2 is 1.83 bits per heavy atom. The fraction of sp³-hybridized carbons (Fsp3) is 0.941. The van der Waals surface area contributed by atoms with E-state index < -0.39 is 79.7 Å². The van der Waals surface area contributed by atoms with Gasteiger partial charge in [-0.3, -0.25) is 4.79 Å². The molecule has 170 valence electrons. The Labute approximate surface area is 168 Å². The van der Waals surface area contributed by atoms with Crippen LogP contribution < -0.4 is 16.8 Å². The number of ether oxygens (including phenoxy) is 2. The molecule has 0 aromatic heterocycles. The molecule has 12 heteroatoms. The number of amides is 1. The third-order valence-electron chi connectivity index (χ3n) is 5.46. The molecule has 29 heavy (non-hydrogen) atoms. The fourth-order valence-corrected chi connectivity index (χ4v) is 3.64. The van der Waals surface area contributed by atoms with Crippen molar-refractivity contribution in [2.24, 2.45) is 11.5 Å². The van der Waals surface area contributed by atoms with Crippen LogP contribution in [0, 0.1) is 0 Å². The summed E-state index contributed by atoms with van der Waals surface area (Å²) in [4.78, 5) is 12.0. The normalized spacial score (nSPS) is 44.3. The number of aliphatic hydroxyl groups excluding tert-OH is 6. The minimum Gasteiger partial charge on any atom is -0.394 e. The van der Waals surface area contributed by atoms with Gasteiger partial charge >= 0.3 is 0 Å². The van der Waals surface area contributed by atoms with Crippen LogP contribution in [0.15, 0.2) is 0 Å². The van der Waals surface area contributed by atoms with E-state index in [0.29, 0.717) is 6.42 Å². The van der Waals surface area contributed by atoms with E-state index in [0.717, 1.165) is 0 Å². The van der Waals surface area contributed by atoms with E-state index in [-0.39, 0.29) is 12.8 Å². The number of nitrogens with one attached hydrogen (secondary N) is 1. The molecule has 1 heterocycles. The van der Waals surface area contributed by atoms with Crippen LogP contribution in [0.4, 0.5) is 0 Å². The summed E-state index contributed by atoms with van der Waals surface area (Å²) in [5, 5.41) is 62.2. The number of aliphatic hydroxyl groups is 6. The van der Waals surface area contributed by atoms with E-state index in [1.54, 1.807) is 0 Å². The van der Waals surface area contributed by atoms with Gasteiger partial charge in [0, 0.05) is 6.04 Å². The van der Waals surface area contributed by atoms with Crippen molar-refractivity contribution in [2.75, 3.05) is 6.61 Å². The zero-order valence-electron chi connectivity index (χ0n) is 16.2. The monoisotopic (exact) mass is 423 g/mol. The highest BCUT2D eigenvalue weighted by Gasteiger charge is 2.48. The van der Waals surface area contributed by atoms with Crippen LogP contribution in [0.5, 0.6) is 0 Å². The van der Waals surface area contributed by atoms with Gasteiger partial charge in [0.2, 0.25) is 5.91 Å². The predicted octanol–water partition coefficient (Wildman–Crippen LogP) is -4.76. The number of hydrogen-bond acceptors (Lipinski definition) is 11. The van der Waals surface area contributed by atoms with Crippen molar-refractivity contribution in [1.82, 2.24) is 5.32 Å². The zero-order chi connectivity index (χ0) is 21.9. The summed E-state index contributed by atoms with van der Waals surface area (Å²) in [5.74, 6) is -0.671. The molecule has 12 nitrogen and oxygen atoms in total. The standard InChI is InChI=1S/C17H33N3O9/c1-2-3-8(22)16(27)20-7-4-6(18)15(14(26)11(7)23)29-17-10(19)13(25)12(24)9(5-21)28-17/h6-15,17,21-26H,2-5,18-19H2,1H3,(H,20,27)/t6?,7-,8+,9?,10?,11?,12-,13-,14-,15-,17-/m1/s1. The Balaban J connectivity index is 2.02. The van der Waals surface area contributed by atoms with E-state index in [1.165, 1.54) is 0 Å². The molecule has 11 N–H and O–H groups in total. The van der Waals surface area contributed by atoms with Crippen LogP contribution in [0.25, 0.3) is 0 Å². The van der Waals surface area contributed by atoms with Gasteiger partial charge in [-0.2, -0.15) is 0 Å². The van der Waals surface area contributed by atoms with Gasteiger partial charge in [-0.25, -0.2) is 0 Å². The summed E-state index contributed by atoms with van der Waals surface area (Å²) in [7, 11) is 0. The summed E-state index contributed by atoms with van der Waals surface area (Å²) in [6, 6.07) is -2.95. The molecule has 1 aliphatic heterocycles. The Kier molecular flexibility index (Phi) is 8.72. The number of rotatable bonds is 7. The second kappa shape index (κ2) is 10.4. The third-order valence-corrected chi connectivity index (χ3v) is 5.46. The number of carbonyl (C=O) groups excluding carboxylic acids is 1. The summed E-state index contributed by atoms with van der Waals surface area (Å²) in [6.07, 6.45) is -9.79. The van der Waals surface area contributed by atoms with Gasteiger partial charge in [0.1, 0.15) is 42.7 Å². The first kappa shape index (κ1) is 24.3. The lowest BCUT2D eigenvalue weighted by molar-refractivity contribution is -0.294. The Hall–Kier alpha value is -0.930. The molecule has 4 unspecified atom stereocenters. The highest BCUT2D eigenvalue weighted by atomic mass is 16.7. The van der Waals surface area contributed by atoms with Crippen molar-refractivity contribution >= 4 is 5.91 Å². The molecule has 0 spiro atoms. The molecule has 0 bridgehead atoms. The van der Waals surface area contributed by atoms with Gasteiger partial charge in [0.05, 0.1) is 18.7 Å². The number of hydrogen-bond donors (Lipinski definition) is 9. The van der Waals surface area contributed by atoms with Gasteiger partial charge in [-0.05, 0) is 12.8 Å². The molecule has 0 radical (unpaired) electrons. The summed E-state index contributed by atoms with van der Waals surface area (Å²) < 4.78 is 11.0. The minimum atomic E-state index is -1.53. The Bertz CT molecular complexity index is 540. The molecule has 0 aromatic rings. The van der Waals surface area contributed by atoms with Crippen LogP contribution in [-0.4, -0.2) is 110 Å². The first-order valence-electron chi connectivity index (χ1n) is 9.75. The van der Waals surface area contributed by atoms with Crippen LogP contribution in [0.2, 0.25) is 0 Å². The predicted molar refractivity (Wildman–Crippen MR) is 98.1 cm³/mol. The maximum absolute atomic E-state index is 12.0. The summed E-state index contributed by atoms with van der Waals surface area (Å²) in [5.41, 5.74) is 11.9. The van der Waals surface area contributed by atoms with E-state index in [2.05, 4.69) is 5.32 Å². The number of carbonyl (C=O) groups is 1. The van der Waals surface area contributed by atoms with Gasteiger partial charge in [0.15, 0.2) is 6.29 Å². The highest BCUT2D eigenvalue weighted by molar-refractivity contribution is 5.80. The van der Waals surface area contributed by atoms with E-state index in [4.69, 9.17) is 20.9 Å². The van der Waals surface area contributed by atoms with E-state index in [1.807, 2.05) is 6.92 Å². The lowest BCUT2D eigenvalue weighted by Crippen LogP contribution is -2.68. The molecule has 2 rings (SSSR count). The minimum absolute atomic E-state index is 0.0318. The SMILES string of the molecule is CCC[C@H](O)C(=O)N[C@@H]1CC(N)[C@@H](O[C@H]2OC(CO)[C@@H](O)[C@H](O)C2N)[C@H](O)C1O. The molecule has 0 aromatic carbocycles. The van der Waals surface area contributed by atoms with Crippen LogP contribution in [-0.2, 0) is 14.3 Å². The lowest BCUT2D eigenvalue weighted by atomic mass is 9.84. The average Bonchev–Trinajstić information content (AvgIpc) is 2.69. The molecule has 2 fully saturated rings. The Morgan fingerprint density at radius 1 is 1.17 bits per heavy atom. The molecule has 1 saturated carbocycles. The maximum atomic E-state index is 12.0. The number of nitrogens with two attached hydrogens (primary N) is 2. The van der Waals surface area contributed by atoms with Crippen molar-refractivity contribution in [3.63, 3.8) is 0 Å². The Morgan fingerprint density at radius 3 is 2.41 bits per heavy atom. The van der Waals surface area contributed by atoms with Gasteiger partial charge < -0.3 is 56.9 Å². The van der Waals surface area contributed by atoms with Crippen molar-refractivity contribution < 1.29 is 44.9 Å². The second-order valence-electron chi connectivity index (χ2n) is 7.69. The molecule has 2 aliphatic rings. The lowest BCUT2D eigenvalue weighted by Gasteiger charge is -2.46. The third kappa shape index (κ3) is 5.41. The maximum Gasteiger partial charge on any atom is 0.249 e. The second-order valence-corrected chi connectivity index (χ2v) is 7.69. The molecule has 1 amide bonds. The first-order chi connectivity index (χ1) is 13.6. The van der Waals surface area contributed by atoms with Crippen LogP contribution in [0.1, 0.15) is 26.2 Å². The van der Waals surface area contributed by atoms with Crippen molar-refractivity contribution in [1.29, 1.82) is 0 Å². The fourth-order valence-electron chi connectivity index (χ4n) is 3.64. The van der Waals surface area contributed by atoms with Crippen molar-refractivity contribution in [2.45, 2.75) is 93.3 Å². The van der Waals surface area contributed by atoms with Crippen LogP contribution in [0.3, 0.4) is 0 Å². The molecule has 11 atom stereocenters. The largest absolute Gasteiger partial charge is 0.394 e. The van der Waals surface area contributed by atoms with E-state index >= 15 is 0 Å². The first-order valence-corrected chi connectivity index (χ1v) is 9.75. The molecular weight excluding hydrogens is 390 g/mol. The topological polar surface area (TPSA) is 221 Å². The summed E-state index contributed by atoms with van der Waals surface area (Å²) in [6.45, 7) is 1.21. The highest BCUT2D eigenvalue weighted by Crippen LogP contribution is 2.27. The summed E-state index contributed by atoms with van der Waals surface area (Å²) >= 11 is 0. The van der Waals surface area contributed by atoms with Crippen molar-refractivity contribution in [3.05, 3.63) is 0 Å². The molecule has 1 aliphatic carbocycles. The zero-order valence-corrected chi connectivity index (χ0v) is 16.2. The van der Waals surface area contributed by atoms with E-state index in [9.17, 15) is 35.4 Å². The van der Waals surface area contributed by atoms with Gasteiger partial charge in [0.25, 0.3) is 0 Å². The molecular formula is C17H33N3O9. The van der Waals surface area contributed by atoms with Gasteiger partial charge in [-0.15, -0.1) is 0 Å². The van der Waals surface area contributed by atoms with Gasteiger partial charge in [-0.1, -0.05) is 13.3 Å². The average molecular weight is 423 g/mol.